The van der Waals surface area contributed by atoms with E-state index >= 15 is 0 Å². The van der Waals surface area contributed by atoms with Crippen LogP contribution in [-0.4, -0.2) is 72.2 Å². The predicted molar refractivity (Wildman–Crippen MR) is 564 cm³/mol. The third kappa shape index (κ3) is 38.5. The molecule has 16 heteroatoms. The number of nitrogens with zero attached hydrogens (tertiary/aromatic N) is 8. The summed E-state index contributed by atoms with van der Waals surface area (Å²) in [6.45, 7) is 5.59. The van der Waals surface area contributed by atoms with Crippen molar-refractivity contribution in [1.82, 2.24) is 39.9 Å². The Morgan fingerprint density at radius 1 is 0.269 bits per heavy atom. The summed E-state index contributed by atoms with van der Waals surface area (Å²) >= 11 is 0. The van der Waals surface area contributed by atoms with E-state index in [1.807, 2.05) is 201 Å². The summed E-state index contributed by atoms with van der Waals surface area (Å²) in [5, 5.41) is 3.73. The Kier molecular flexibility index (Phi) is 32.4. The number of rotatable bonds is 19. The van der Waals surface area contributed by atoms with Gasteiger partial charge < -0.3 is 39.9 Å². The normalized spacial score (nSPS) is 15.1. The van der Waals surface area contributed by atoms with E-state index < -0.39 is 112 Å². The van der Waals surface area contributed by atoms with Crippen molar-refractivity contribution < 1.29 is 122 Å². The van der Waals surface area contributed by atoms with Crippen molar-refractivity contribution in [3.63, 3.8) is 0 Å². The minimum Gasteiger partial charge on any atom is -0.305 e. The van der Waals surface area contributed by atoms with Crippen molar-refractivity contribution in [1.29, 1.82) is 0 Å². The van der Waals surface area contributed by atoms with Crippen LogP contribution in [0.3, 0.4) is 0 Å². The van der Waals surface area contributed by atoms with Crippen LogP contribution in [0, 0.1) is 93.8 Å². The van der Waals surface area contributed by atoms with Gasteiger partial charge in [-0.25, -0.2) is 0 Å². The fourth-order valence-electron chi connectivity index (χ4n) is 13.4. The van der Waals surface area contributed by atoms with Crippen LogP contribution in [0.5, 0.6) is 0 Å². The van der Waals surface area contributed by atoms with Crippen LogP contribution < -0.4 is 20.7 Å². The zero-order chi connectivity index (χ0) is 119. The van der Waals surface area contributed by atoms with Gasteiger partial charge in [-0.3, -0.25) is 0 Å². The Hall–Kier alpha value is -9.58. The zero-order valence-corrected chi connectivity index (χ0v) is 91.3. The van der Waals surface area contributed by atoms with E-state index in [1.165, 1.54) is 23.4 Å². The molecular weight excluding hydrogens is 2410 g/mol. The van der Waals surface area contributed by atoms with Gasteiger partial charge in [-0.05, 0) is 161 Å². The van der Waals surface area contributed by atoms with Gasteiger partial charge in [0.1, 0.15) is 0 Å². The van der Waals surface area contributed by atoms with Crippen LogP contribution in [-0.2, 0) is 106 Å². The van der Waals surface area contributed by atoms with Gasteiger partial charge in [0.05, 0.1) is 32.3 Å². The van der Waals surface area contributed by atoms with Crippen LogP contribution in [0.4, 0.5) is 0 Å². The van der Waals surface area contributed by atoms with Crippen molar-refractivity contribution in [2.75, 3.05) is 0 Å². The van der Waals surface area contributed by atoms with Gasteiger partial charge in [0, 0.05) is 171 Å². The number of aromatic nitrogens is 8. The molecule has 0 saturated carbocycles. The molecule has 0 fully saturated rings. The van der Waals surface area contributed by atoms with Gasteiger partial charge in [-0.1, -0.05) is 221 Å². The van der Waals surface area contributed by atoms with E-state index in [9.17, 15) is 0 Å². The molecule has 0 unspecified atom stereocenters. The molecule has 0 amide bonds. The van der Waals surface area contributed by atoms with Gasteiger partial charge >= 0.3 is 0 Å². The molecule has 0 atom stereocenters. The number of aryl methyl sites for hydroxylation is 5. The average molecular weight is 2570 g/mol. The Labute approximate surface area is 905 Å². The molecule has 0 spiro atoms. The Morgan fingerprint density at radius 3 is 0.791 bits per heavy atom. The molecular formula is C118H132Ir4N8Si4-8. The van der Waals surface area contributed by atoms with E-state index in [4.69, 9.17) is 41.1 Å². The Bertz CT molecular complexity index is 6890. The maximum atomic E-state index is 8.40. The number of pyridine rings is 8. The molecule has 8 aromatic heterocycles. The minimum atomic E-state index is -2.95. The molecule has 0 N–H and O–H groups in total. The molecule has 8 aromatic carbocycles. The SMILES string of the molecule is Cc1ccnc(-c2[c-]cccc2)c1.Cc1ccnc(-c2[c-]cccc2)c1.[2H]C([2H])([2H])C([2H])(Cc1cc(-c2[c-]cccc2)ncc1[Si](C)(C)C)C([2H])([2H])[2H].[2H]C([2H])([2H])C([2H])(Cc1cc(-c2[c-]cccc2)ncc1[Si](C)(C)C)C([2H])([2H])[2H].[2H]C([2H])([2H])C([2H])(Cc1cc(-c2[c-]cccc2)ncc1[Si](C)(C)C)C([2H])([2H])[2H].[2H]C([2H])([2H])Cc1cc(-c2[c-]cccc2)ncc1[Si](C)(C)C.[2H]C([2H])([2H])c1ccc(-c2[c-]cccc2)nc1.[2H]C([2H])([2H])c1cccc(-c2[c-]cccc2)n1.[Ir].[Ir].[Ir].[Ir]. The first-order valence-electron chi connectivity index (χ1n) is 57.6. The summed E-state index contributed by atoms with van der Waals surface area (Å²) in [7, 11) is -7.45. The molecule has 8 heterocycles. The van der Waals surface area contributed by atoms with Crippen molar-refractivity contribution >= 4 is 53.0 Å². The summed E-state index contributed by atoms with van der Waals surface area (Å²) in [5.74, 6) is -7.77. The number of hydrogen-bond donors (Lipinski definition) is 0. The van der Waals surface area contributed by atoms with Gasteiger partial charge in [0.25, 0.3) is 0 Å². The fourth-order valence-corrected chi connectivity index (χ4v) is 19.7. The molecule has 134 heavy (non-hydrogen) atoms. The summed E-state index contributed by atoms with van der Waals surface area (Å²) in [6.07, 6.45) is 11.0. The maximum Gasteiger partial charge on any atom is 0.0798 e. The first-order valence-corrected chi connectivity index (χ1v) is 56.6. The summed E-state index contributed by atoms with van der Waals surface area (Å²) in [4.78, 5) is 34.8. The largest absolute Gasteiger partial charge is 0.305 e. The van der Waals surface area contributed by atoms with Crippen molar-refractivity contribution in [3.05, 3.63) is 410 Å². The zero-order valence-electron chi connectivity index (χ0n) is 108. The van der Waals surface area contributed by atoms with E-state index in [1.54, 1.807) is 91.4 Å². The topological polar surface area (TPSA) is 103 Å². The summed E-state index contributed by atoms with van der Waals surface area (Å²) in [6, 6.07) is 108. The second-order valence-corrected chi connectivity index (χ2v) is 54.7. The molecule has 8 nitrogen and oxygen atoms in total. The van der Waals surface area contributed by atoms with Gasteiger partial charge in [0.2, 0.25) is 0 Å². The second kappa shape index (κ2) is 57.5. The van der Waals surface area contributed by atoms with Crippen molar-refractivity contribution in [2.45, 2.75) is 180 Å². The minimum absolute atomic E-state index is 0. The molecule has 0 bridgehead atoms. The summed E-state index contributed by atoms with van der Waals surface area (Å²) in [5.41, 5.74) is 18.2. The molecule has 16 aromatic rings. The smallest absolute Gasteiger partial charge is 0.0798 e. The van der Waals surface area contributed by atoms with E-state index in [-0.39, 0.29) is 117 Å². The Balaban J connectivity index is 0.000000331. The van der Waals surface area contributed by atoms with Gasteiger partial charge in [0.15, 0.2) is 0 Å². The van der Waals surface area contributed by atoms with E-state index in [0.29, 0.717) is 39.5 Å². The first kappa shape index (κ1) is 75.5. The van der Waals surface area contributed by atoms with Crippen molar-refractivity contribution in [3.8, 4) is 90.1 Å². The van der Waals surface area contributed by atoms with E-state index in [2.05, 4.69) is 193 Å². The Morgan fingerprint density at radius 2 is 0.545 bits per heavy atom. The van der Waals surface area contributed by atoms with Crippen LogP contribution in [0.25, 0.3) is 90.1 Å². The standard InChI is InChI=1S/3C18H24NSi.C16H20NSi.4C12H10N.4Ir/c3*1-14(2)11-16-12-17(15-9-7-6-8-10-15)19-13-18(16)20(3,4)5;1-5-13-11-15(14-9-7-6-8-10-14)17-12-16(13)18(2,3)4;1-10-6-5-9-12(13-10)11-7-3-2-4-8-11;2*1-10-7-8-13-12(9-10)11-5-3-2-4-6-11;1-10-7-8-12(13-9-10)11-5-3-2-4-6-11;;;;/h3*6-9,12-14H,11H2,1-5H3;6-9,11-12H,5H2,1-4H3;2-7,9H,1H3;3*2-5,7-9H,1H3;;;;/q8*-1;;;;/i3*1D3,2D3,14D;2*1D3;;;1D3;;;;. The average Bonchev–Trinajstić information content (AvgIpc) is 0.755. The molecule has 16 rings (SSSR count). The molecule has 0 aliphatic carbocycles. The molecule has 0 aliphatic rings. The van der Waals surface area contributed by atoms with Crippen LogP contribution in [0.2, 0.25) is 78.6 Å². The third-order valence-electron chi connectivity index (χ3n) is 19.7. The quantitative estimate of drug-likeness (QED) is 0.0583. The van der Waals surface area contributed by atoms with Gasteiger partial charge in [-0.2, -0.15) is 0 Å². The molecule has 0 aliphatic heterocycles. The first-order chi connectivity index (χ1) is 74.0. The maximum absolute atomic E-state index is 8.40. The third-order valence-corrected chi connectivity index (χ3v) is 28.0. The van der Waals surface area contributed by atoms with Gasteiger partial charge in [-0.15, -0.1) is 287 Å². The van der Waals surface area contributed by atoms with Crippen molar-refractivity contribution in [2.24, 2.45) is 17.7 Å². The predicted octanol–water partition coefficient (Wildman–Crippen LogP) is 28.0. The number of hydrogen-bond acceptors (Lipinski definition) is 8. The second-order valence-electron chi connectivity index (χ2n) is 34.5. The van der Waals surface area contributed by atoms with Crippen LogP contribution in [0.15, 0.2) is 316 Å². The number of benzene rings is 8. The molecule has 0 saturated heterocycles. The summed E-state index contributed by atoms with van der Waals surface area (Å²) < 4.78 is 230. The van der Waals surface area contributed by atoms with Crippen LogP contribution in [0.1, 0.15) is 134 Å². The molecule has 704 valence electrons. The molecule has 4 radical (unpaired) electrons. The van der Waals surface area contributed by atoms with Crippen LogP contribution >= 0.6 is 0 Å². The monoisotopic (exact) mass is 2580 g/mol. The van der Waals surface area contributed by atoms with E-state index in [0.717, 1.165) is 93.6 Å². The fraction of sp³-hybridized carbons (Fsp3) is 0.254.